The normalized spacial score (nSPS) is 19.6. The summed E-state index contributed by atoms with van der Waals surface area (Å²) in [5, 5.41) is 10.8. The van der Waals surface area contributed by atoms with Crippen LogP contribution in [0, 0.1) is 5.92 Å². The first kappa shape index (κ1) is 14.3. The molecule has 0 saturated carbocycles. The lowest BCUT2D eigenvalue weighted by atomic mass is 9.87. The zero-order valence-corrected chi connectivity index (χ0v) is 12.1. The molecular formula is C15H24N2O2. The number of nitrogens with zero attached hydrogens (tertiary/aromatic N) is 2. The fraction of sp³-hybridized carbons (Fsp3) is 0.667. The van der Waals surface area contributed by atoms with Gasteiger partial charge in [-0.05, 0) is 30.9 Å². The first-order chi connectivity index (χ1) is 9.05. The van der Waals surface area contributed by atoms with E-state index in [1.807, 2.05) is 12.1 Å². The summed E-state index contributed by atoms with van der Waals surface area (Å²) < 4.78 is 5.32. The average Bonchev–Trinajstić information content (AvgIpc) is 2.41. The van der Waals surface area contributed by atoms with E-state index < -0.39 is 5.60 Å². The zero-order valence-electron chi connectivity index (χ0n) is 12.1. The Kier molecular flexibility index (Phi) is 4.42. The van der Waals surface area contributed by atoms with Crippen LogP contribution in [0.15, 0.2) is 18.3 Å². The standard InChI is InChI=1S/C15H24N2O2/c1-12(2)11-17-9-6-15(18,7-10-17)14-13(19-3)5-4-8-16-14/h4-5,8,12,18H,6-7,9-11H2,1-3H3. The topological polar surface area (TPSA) is 45.6 Å². The molecule has 0 atom stereocenters. The van der Waals surface area contributed by atoms with Crippen LogP contribution in [0.2, 0.25) is 0 Å². The minimum absolute atomic E-state index is 0.663. The number of hydrogen-bond acceptors (Lipinski definition) is 4. The summed E-state index contributed by atoms with van der Waals surface area (Å²) in [6, 6.07) is 3.69. The van der Waals surface area contributed by atoms with Crippen molar-refractivity contribution in [1.82, 2.24) is 9.88 Å². The number of ether oxygens (including phenoxy) is 1. The molecule has 1 aromatic rings. The van der Waals surface area contributed by atoms with E-state index in [0.717, 1.165) is 19.6 Å². The molecule has 1 fully saturated rings. The lowest BCUT2D eigenvalue weighted by molar-refractivity contribution is -0.0329. The van der Waals surface area contributed by atoms with Gasteiger partial charge in [0.05, 0.1) is 7.11 Å². The van der Waals surface area contributed by atoms with Gasteiger partial charge in [0.25, 0.3) is 0 Å². The molecule has 0 amide bonds. The van der Waals surface area contributed by atoms with Crippen molar-refractivity contribution in [2.45, 2.75) is 32.3 Å². The second-order valence-electron chi connectivity index (χ2n) is 5.78. The molecule has 0 aromatic carbocycles. The molecule has 0 radical (unpaired) electrons. The lowest BCUT2D eigenvalue weighted by Gasteiger charge is -2.38. The second-order valence-corrected chi connectivity index (χ2v) is 5.78. The minimum atomic E-state index is -0.847. The minimum Gasteiger partial charge on any atom is -0.495 e. The Hall–Kier alpha value is -1.13. The van der Waals surface area contributed by atoms with E-state index in [-0.39, 0.29) is 0 Å². The van der Waals surface area contributed by atoms with E-state index in [9.17, 15) is 5.11 Å². The van der Waals surface area contributed by atoms with Crippen molar-refractivity contribution in [3.63, 3.8) is 0 Å². The Morgan fingerprint density at radius 2 is 2.11 bits per heavy atom. The van der Waals surface area contributed by atoms with Gasteiger partial charge in [-0.2, -0.15) is 0 Å². The smallest absolute Gasteiger partial charge is 0.143 e. The summed E-state index contributed by atoms with van der Waals surface area (Å²) >= 11 is 0. The predicted molar refractivity (Wildman–Crippen MR) is 75.2 cm³/mol. The van der Waals surface area contributed by atoms with Crippen molar-refractivity contribution in [2.75, 3.05) is 26.7 Å². The van der Waals surface area contributed by atoms with Crippen LogP contribution in [-0.2, 0) is 5.60 Å². The maximum Gasteiger partial charge on any atom is 0.143 e. The van der Waals surface area contributed by atoms with Gasteiger partial charge < -0.3 is 14.7 Å². The molecule has 106 valence electrons. The third-order valence-electron chi connectivity index (χ3n) is 3.74. The molecule has 0 unspecified atom stereocenters. The maximum absolute atomic E-state index is 10.8. The van der Waals surface area contributed by atoms with Gasteiger partial charge >= 0.3 is 0 Å². The molecule has 1 aliphatic rings. The molecule has 1 aliphatic heterocycles. The third-order valence-corrected chi connectivity index (χ3v) is 3.74. The van der Waals surface area contributed by atoms with Crippen LogP contribution in [-0.4, -0.2) is 41.7 Å². The SMILES string of the molecule is COc1cccnc1C1(O)CCN(CC(C)C)CC1. The lowest BCUT2D eigenvalue weighted by Crippen LogP contribution is -2.44. The van der Waals surface area contributed by atoms with Gasteiger partial charge in [0.1, 0.15) is 17.0 Å². The fourth-order valence-corrected chi connectivity index (χ4v) is 2.76. The summed E-state index contributed by atoms with van der Waals surface area (Å²) in [6.45, 7) is 7.36. The largest absolute Gasteiger partial charge is 0.495 e. The van der Waals surface area contributed by atoms with Gasteiger partial charge in [-0.15, -0.1) is 0 Å². The number of methoxy groups -OCH3 is 1. The van der Waals surface area contributed by atoms with E-state index in [2.05, 4.69) is 23.7 Å². The van der Waals surface area contributed by atoms with Gasteiger partial charge in [0, 0.05) is 25.8 Å². The molecule has 2 heterocycles. The number of pyridine rings is 1. The Labute approximate surface area is 115 Å². The molecule has 19 heavy (non-hydrogen) atoms. The maximum atomic E-state index is 10.8. The highest BCUT2D eigenvalue weighted by molar-refractivity contribution is 5.32. The molecule has 1 aromatic heterocycles. The van der Waals surface area contributed by atoms with Crippen molar-refractivity contribution < 1.29 is 9.84 Å². The van der Waals surface area contributed by atoms with Crippen molar-refractivity contribution in [3.8, 4) is 5.75 Å². The van der Waals surface area contributed by atoms with Gasteiger partial charge in [-0.3, -0.25) is 4.98 Å². The second kappa shape index (κ2) is 5.88. The summed E-state index contributed by atoms with van der Waals surface area (Å²) in [7, 11) is 1.62. The summed E-state index contributed by atoms with van der Waals surface area (Å²) in [6.07, 6.45) is 3.15. The van der Waals surface area contributed by atoms with Crippen molar-refractivity contribution in [3.05, 3.63) is 24.0 Å². The zero-order chi connectivity index (χ0) is 13.9. The molecule has 0 bridgehead atoms. The first-order valence-electron chi connectivity index (χ1n) is 6.99. The Balaban J connectivity index is 2.09. The monoisotopic (exact) mass is 264 g/mol. The van der Waals surface area contributed by atoms with E-state index >= 15 is 0 Å². The molecular weight excluding hydrogens is 240 g/mol. The van der Waals surface area contributed by atoms with Crippen LogP contribution >= 0.6 is 0 Å². The Bertz CT molecular complexity index is 412. The van der Waals surface area contributed by atoms with Crippen LogP contribution in [0.1, 0.15) is 32.4 Å². The number of rotatable bonds is 4. The molecule has 4 nitrogen and oxygen atoms in total. The summed E-state index contributed by atoms with van der Waals surface area (Å²) in [5.41, 5.74) is -0.165. The Morgan fingerprint density at radius 3 is 2.68 bits per heavy atom. The highest BCUT2D eigenvalue weighted by Crippen LogP contribution is 2.36. The highest BCUT2D eigenvalue weighted by atomic mass is 16.5. The summed E-state index contributed by atoms with van der Waals surface area (Å²) in [5.74, 6) is 1.35. The van der Waals surface area contributed by atoms with E-state index in [4.69, 9.17) is 4.74 Å². The van der Waals surface area contributed by atoms with Crippen molar-refractivity contribution in [2.24, 2.45) is 5.92 Å². The van der Waals surface area contributed by atoms with Crippen LogP contribution in [0.5, 0.6) is 5.75 Å². The van der Waals surface area contributed by atoms with Gasteiger partial charge in [0.15, 0.2) is 0 Å². The molecule has 0 spiro atoms. The van der Waals surface area contributed by atoms with Crippen molar-refractivity contribution >= 4 is 0 Å². The average molecular weight is 264 g/mol. The predicted octanol–water partition coefficient (Wildman–Crippen LogP) is 2.03. The van der Waals surface area contributed by atoms with E-state index in [1.54, 1.807) is 13.3 Å². The van der Waals surface area contributed by atoms with Crippen molar-refractivity contribution in [1.29, 1.82) is 0 Å². The fourth-order valence-electron chi connectivity index (χ4n) is 2.76. The number of aliphatic hydroxyl groups is 1. The van der Waals surface area contributed by atoms with Crippen LogP contribution in [0.25, 0.3) is 0 Å². The summed E-state index contributed by atoms with van der Waals surface area (Å²) in [4.78, 5) is 6.75. The molecule has 1 N–H and O–H groups in total. The van der Waals surface area contributed by atoms with Crippen LogP contribution < -0.4 is 4.74 Å². The number of likely N-dealkylation sites (tertiary alicyclic amines) is 1. The van der Waals surface area contributed by atoms with Gasteiger partial charge in [-0.25, -0.2) is 0 Å². The first-order valence-corrected chi connectivity index (χ1v) is 6.99. The molecule has 1 saturated heterocycles. The van der Waals surface area contributed by atoms with E-state index in [1.165, 1.54) is 0 Å². The van der Waals surface area contributed by atoms with Gasteiger partial charge in [0.2, 0.25) is 0 Å². The third kappa shape index (κ3) is 3.25. The van der Waals surface area contributed by atoms with Gasteiger partial charge in [-0.1, -0.05) is 13.8 Å². The van der Waals surface area contributed by atoms with E-state index in [0.29, 0.717) is 30.2 Å². The Morgan fingerprint density at radius 1 is 1.42 bits per heavy atom. The number of piperidine rings is 1. The highest BCUT2D eigenvalue weighted by Gasteiger charge is 2.37. The molecule has 0 aliphatic carbocycles. The molecule has 2 rings (SSSR count). The quantitative estimate of drug-likeness (QED) is 0.904. The van der Waals surface area contributed by atoms with Crippen LogP contribution in [0.4, 0.5) is 0 Å². The number of hydrogen-bond donors (Lipinski definition) is 1. The number of aromatic nitrogens is 1. The molecule has 4 heteroatoms. The van der Waals surface area contributed by atoms with Crippen LogP contribution in [0.3, 0.4) is 0 Å².